The third-order valence-electron chi connectivity index (χ3n) is 6.14. The second-order valence-corrected chi connectivity index (χ2v) is 15.9. The lowest BCUT2D eigenvalue weighted by atomic mass is 9.93. The Balaban J connectivity index is 2.15. The van der Waals surface area contributed by atoms with E-state index in [-0.39, 0.29) is 24.3 Å². The van der Waals surface area contributed by atoms with Crippen molar-refractivity contribution in [1.82, 2.24) is 10.3 Å². The van der Waals surface area contributed by atoms with E-state index >= 15 is 0 Å². The van der Waals surface area contributed by atoms with Crippen LogP contribution in [0.3, 0.4) is 0 Å². The molecule has 1 N–H and O–H groups in total. The molecule has 11 nitrogen and oxygen atoms in total. The summed E-state index contributed by atoms with van der Waals surface area (Å²) in [7, 11) is -3.84. The SMILES string of the molecule is Cc1ccc(S(=O)(=O)OCCCc2ccc(CC(CC(NC(=O)OC(C)(C)C)C(=O)OC(C)(C)C)C(=O)OC(C)(C)C)nc2)cc1. The van der Waals surface area contributed by atoms with E-state index in [9.17, 15) is 22.8 Å². The van der Waals surface area contributed by atoms with Gasteiger partial charge >= 0.3 is 18.0 Å². The first-order valence-electron chi connectivity index (χ1n) is 15.4. The number of esters is 2. The summed E-state index contributed by atoms with van der Waals surface area (Å²) < 4.78 is 46.6. The molecule has 2 atom stereocenters. The molecule has 12 heteroatoms. The molecule has 1 heterocycles. The lowest BCUT2D eigenvalue weighted by Crippen LogP contribution is -2.48. The molecular weight excluding hydrogens is 612 g/mol. The molecule has 0 radical (unpaired) electrons. The Kier molecular flexibility index (Phi) is 13.3. The van der Waals surface area contributed by atoms with Gasteiger partial charge in [-0.25, -0.2) is 9.59 Å². The number of benzene rings is 1. The minimum Gasteiger partial charge on any atom is -0.460 e. The first kappa shape index (κ1) is 38.7. The van der Waals surface area contributed by atoms with Gasteiger partial charge in [0, 0.05) is 18.3 Å². The molecule has 0 saturated heterocycles. The summed E-state index contributed by atoms with van der Waals surface area (Å²) >= 11 is 0. The van der Waals surface area contributed by atoms with Crippen molar-refractivity contribution in [3.8, 4) is 0 Å². The highest BCUT2D eigenvalue weighted by molar-refractivity contribution is 7.86. The number of carbonyl (C=O) groups excluding carboxylic acids is 3. The highest BCUT2D eigenvalue weighted by Crippen LogP contribution is 2.22. The zero-order valence-corrected chi connectivity index (χ0v) is 29.6. The lowest BCUT2D eigenvalue weighted by Gasteiger charge is -2.29. The van der Waals surface area contributed by atoms with Gasteiger partial charge in [0.1, 0.15) is 22.8 Å². The Morgan fingerprint density at radius 2 is 1.37 bits per heavy atom. The standard InChI is InChI=1S/C34H50N2O9S/c1-23-13-17-27(18-14-23)46(40,41)42-19-11-12-24-15-16-26(35-22-24)20-25(29(37)43-32(2,3)4)21-28(30(38)44-33(5,6)7)36-31(39)45-34(8,9)10/h13-18,22,25,28H,11-12,19-21H2,1-10H3,(H,36,39). The van der Waals surface area contributed by atoms with Crippen molar-refractivity contribution in [2.24, 2.45) is 5.92 Å². The summed E-state index contributed by atoms with van der Waals surface area (Å²) in [5.74, 6) is -2.11. The fourth-order valence-corrected chi connectivity index (χ4v) is 5.11. The average molecular weight is 663 g/mol. The number of aromatic nitrogens is 1. The topological polar surface area (TPSA) is 147 Å². The van der Waals surface area contributed by atoms with Crippen LogP contribution >= 0.6 is 0 Å². The van der Waals surface area contributed by atoms with Gasteiger partial charge in [-0.15, -0.1) is 0 Å². The lowest BCUT2D eigenvalue weighted by molar-refractivity contribution is -0.162. The third kappa shape index (κ3) is 14.7. The quantitative estimate of drug-likeness (QED) is 0.120. The van der Waals surface area contributed by atoms with Crippen LogP contribution in [0.5, 0.6) is 0 Å². The average Bonchev–Trinajstić information content (AvgIpc) is 2.88. The van der Waals surface area contributed by atoms with E-state index in [2.05, 4.69) is 10.3 Å². The number of carbonyl (C=O) groups is 3. The molecule has 2 aromatic rings. The molecule has 1 aromatic carbocycles. The van der Waals surface area contributed by atoms with Crippen LogP contribution in [0.4, 0.5) is 4.79 Å². The van der Waals surface area contributed by atoms with Crippen molar-refractivity contribution >= 4 is 28.1 Å². The summed E-state index contributed by atoms with van der Waals surface area (Å²) in [6.45, 7) is 17.4. The van der Waals surface area contributed by atoms with Gasteiger partial charge in [0.05, 0.1) is 17.4 Å². The van der Waals surface area contributed by atoms with Gasteiger partial charge in [0.25, 0.3) is 10.1 Å². The van der Waals surface area contributed by atoms with Crippen LogP contribution in [-0.2, 0) is 50.9 Å². The molecule has 0 saturated carbocycles. The summed E-state index contributed by atoms with van der Waals surface area (Å²) in [6.07, 6.45) is 1.82. The number of alkyl carbamates (subject to hydrolysis) is 1. The maximum Gasteiger partial charge on any atom is 0.408 e. The fraction of sp³-hybridized carbons (Fsp3) is 0.588. The van der Waals surface area contributed by atoms with Crippen molar-refractivity contribution in [3.05, 3.63) is 59.4 Å². The van der Waals surface area contributed by atoms with E-state index in [4.69, 9.17) is 18.4 Å². The second-order valence-electron chi connectivity index (χ2n) is 14.3. The zero-order valence-electron chi connectivity index (χ0n) is 28.8. The summed E-state index contributed by atoms with van der Waals surface area (Å²) in [4.78, 5) is 43.8. The molecule has 0 aliphatic carbocycles. The van der Waals surface area contributed by atoms with Crippen molar-refractivity contribution in [2.45, 2.75) is 123 Å². The number of rotatable bonds is 13. The van der Waals surface area contributed by atoms with Crippen LogP contribution in [0, 0.1) is 12.8 Å². The van der Waals surface area contributed by atoms with Gasteiger partial charge in [0.15, 0.2) is 0 Å². The summed E-state index contributed by atoms with van der Waals surface area (Å²) in [5, 5.41) is 2.57. The number of nitrogens with zero attached hydrogens (tertiary/aromatic N) is 1. The minimum atomic E-state index is -3.84. The first-order chi connectivity index (χ1) is 21.0. The first-order valence-corrected chi connectivity index (χ1v) is 16.8. The molecule has 46 heavy (non-hydrogen) atoms. The predicted molar refractivity (Wildman–Crippen MR) is 174 cm³/mol. The van der Waals surface area contributed by atoms with E-state index in [1.807, 2.05) is 13.0 Å². The van der Waals surface area contributed by atoms with Crippen molar-refractivity contribution in [3.63, 3.8) is 0 Å². The van der Waals surface area contributed by atoms with Gasteiger partial charge in [-0.3, -0.25) is 14.0 Å². The summed E-state index contributed by atoms with van der Waals surface area (Å²) in [6, 6.07) is 8.87. The molecule has 1 amide bonds. The summed E-state index contributed by atoms with van der Waals surface area (Å²) in [5.41, 5.74) is -0.0561. The number of amides is 1. The van der Waals surface area contributed by atoms with Crippen LogP contribution in [0.15, 0.2) is 47.5 Å². The van der Waals surface area contributed by atoms with Crippen molar-refractivity contribution < 1.29 is 41.2 Å². The van der Waals surface area contributed by atoms with Crippen LogP contribution < -0.4 is 5.32 Å². The zero-order chi connectivity index (χ0) is 34.9. The van der Waals surface area contributed by atoms with Gasteiger partial charge in [-0.05, 0) is 112 Å². The fourth-order valence-electron chi connectivity index (χ4n) is 4.16. The number of pyridine rings is 1. The van der Waals surface area contributed by atoms with Crippen LogP contribution in [0.1, 0.15) is 92.0 Å². The van der Waals surface area contributed by atoms with Gasteiger partial charge in [-0.2, -0.15) is 8.42 Å². The van der Waals surface area contributed by atoms with E-state index < -0.39 is 56.9 Å². The van der Waals surface area contributed by atoms with Gasteiger partial charge < -0.3 is 19.5 Å². The molecule has 0 fully saturated rings. The largest absolute Gasteiger partial charge is 0.460 e. The van der Waals surface area contributed by atoms with Crippen LogP contribution in [-0.4, -0.2) is 60.9 Å². The number of ether oxygens (including phenoxy) is 3. The van der Waals surface area contributed by atoms with Crippen molar-refractivity contribution in [1.29, 1.82) is 0 Å². The van der Waals surface area contributed by atoms with Crippen molar-refractivity contribution in [2.75, 3.05) is 6.61 Å². The van der Waals surface area contributed by atoms with E-state index in [1.165, 1.54) is 12.1 Å². The number of nitrogens with one attached hydrogen (secondary N) is 1. The Hall–Kier alpha value is -3.51. The van der Waals surface area contributed by atoms with Crippen LogP contribution in [0.2, 0.25) is 0 Å². The number of aryl methyl sites for hydroxylation is 2. The maximum absolute atomic E-state index is 13.4. The highest BCUT2D eigenvalue weighted by Gasteiger charge is 2.35. The van der Waals surface area contributed by atoms with E-state index in [0.29, 0.717) is 18.5 Å². The predicted octanol–water partition coefficient (Wildman–Crippen LogP) is 5.85. The molecule has 0 aliphatic heterocycles. The highest BCUT2D eigenvalue weighted by atomic mass is 32.2. The Morgan fingerprint density at radius 1 is 0.804 bits per heavy atom. The number of hydrogen-bond acceptors (Lipinski definition) is 10. The molecule has 2 rings (SSSR count). The van der Waals surface area contributed by atoms with Gasteiger partial charge in [-0.1, -0.05) is 23.8 Å². The number of hydrogen-bond donors (Lipinski definition) is 1. The normalized spacial score (nSPS) is 13.8. The molecule has 0 aliphatic rings. The molecule has 0 spiro atoms. The second kappa shape index (κ2) is 15.9. The molecular formula is C34H50N2O9S. The molecule has 2 unspecified atom stereocenters. The molecule has 256 valence electrons. The van der Waals surface area contributed by atoms with E-state index in [1.54, 1.807) is 86.7 Å². The Bertz CT molecular complexity index is 1420. The van der Waals surface area contributed by atoms with Crippen LogP contribution in [0.25, 0.3) is 0 Å². The maximum atomic E-state index is 13.4. The molecule has 0 bridgehead atoms. The van der Waals surface area contributed by atoms with Gasteiger partial charge in [0.2, 0.25) is 0 Å². The van der Waals surface area contributed by atoms with E-state index in [0.717, 1.165) is 11.1 Å². The third-order valence-corrected chi connectivity index (χ3v) is 7.47. The smallest absolute Gasteiger partial charge is 0.408 e. The Morgan fingerprint density at radius 3 is 1.89 bits per heavy atom. The monoisotopic (exact) mass is 662 g/mol. The Labute approximate surface area is 273 Å². The minimum absolute atomic E-state index is 0.00931. The molecule has 1 aromatic heterocycles.